The highest BCUT2D eigenvalue weighted by Gasteiger charge is 2.27. The molecule has 4 rings (SSSR count). The van der Waals surface area contributed by atoms with Crippen LogP contribution in [0.5, 0.6) is 0 Å². The maximum Gasteiger partial charge on any atom is 0.269 e. The lowest BCUT2D eigenvalue weighted by atomic mass is 10.0. The molecule has 0 heterocycles. The second-order valence-corrected chi connectivity index (χ2v) is 6.49. The van der Waals surface area contributed by atoms with Gasteiger partial charge in [-0.1, -0.05) is 41.9 Å². The standard InChI is InChI=1S/C21H13ClN2O3/c22-14-8-5-12(6-9-14)20(26)23-24-21(27)13-7-10-16-15-3-1-2-4-17(15)19(25)18(16)11-13/h1-11H,(H,23,26)(H,24,27). The fourth-order valence-electron chi connectivity index (χ4n) is 3.03. The third-order valence-corrected chi connectivity index (χ3v) is 4.64. The Balaban J connectivity index is 1.50. The SMILES string of the molecule is O=C(NNC(=O)c1ccc2c(c1)C(=O)c1ccccc1-2)c1ccc(Cl)cc1. The molecule has 2 amide bonds. The number of carbonyl (C=O) groups is 3. The van der Waals surface area contributed by atoms with Gasteiger partial charge in [-0.3, -0.25) is 25.2 Å². The summed E-state index contributed by atoms with van der Waals surface area (Å²) in [6.45, 7) is 0. The largest absolute Gasteiger partial charge is 0.289 e. The predicted octanol–water partition coefficient (Wildman–Crippen LogP) is 3.63. The van der Waals surface area contributed by atoms with E-state index >= 15 is 0 Å². The number of rotatable bonds is 2. The zero-order valence-electron chi connectivity index (χ0n) is 14.0. The third kappa shape index (κ3) is 3.09. The summed E-state index contributed by atoms with van der Waals surface area (Å²) in [6.07, 6.45) is 0. The molecule has 0 aromatic heterocycles. The first-order valence-electron chi connectivity index (χ1n) is 8.19. The number of amides is 2. The summed E-state index contributed by atoms with van der Waals surface area (Å²) in [7, 11) is 0. The number of hydrogen-bond donors (Lipinski definition) is 2. The molecule has 0 saturated carbocycles. The minimum absolute atomic E-state index is 0.111. The van der Waals surface area contributed by atoms with Crippen LogP contribution in [0.15, 0.2) is 66.7 Å². The molecule has 0 fully saturated rings. The first-order valence-corrected chi connectivity index (χ1v) is 8.57. The molecule has 6 heteroatoms. The molecular weight excluding hydrogens is 364 g/mol. The van der Waals surface area contributed by atoms with Gasteiger partial charge in [0, 0.05) is 27.3 Å². The van der Waals surface area contributed by atoms with Crippen molar-refractivity contribution < 1.29 is 14.4 Å². The highest BCUT2D eigenvalue weighted by atomic mass is 35.5. The van der Waals surface area contributed by atoms with Crippen LogP contribution in [0.25, 0.3) is 11.1 Å². The van der Waals surface area contributed by atoms with E-state index in [1.54, 1.807) is 48.5 Å². The van der Waals surface area contributed by atoms with Crippen LogP contribution in [0.3, 0.4) is 0 Å². The average Bonchev–Trinajstić information content (AvgIpc) is 2.98. The van der Waals surface area contributed by atoms with Gasteiger partial charge in [0.1, 0.15) is 0 Å². The number of hydrazine groups is 1. The monoisotopic (exact) mass is 376 g/mol. The van der Waals surface area contributed by atoms with Crippen molar-refractivity contribution >= 4 is 29.2 Å². The molecule has 0 aliphatic heterocycles. The maximum absolute atomic E-state index is 12.5. The van der Waals surface area contributed by atoms with E-state index in [-0.39, 0.29) is 11.3 Å². The molecule has 3 aromatic carbocycles. The van der Waals surface area contributed by atoms with Crippen LogP contribution in [-0.2, 0) is 0 Å². The van der Waals surface area contributed by atoms with Gasteiger partial charge in [-0.05, 0) is 47.5 Å². The van der Waals surface area contributed by atoms with E-state index in [0.29, 0.717) is 21.7 Å². The summed E-state index contributed by atoms with van der Waals surface area (Å²) in [5, 5.41) is 0.513. The van der Waals surface area contributed by atoms with Crippen molar-refractivity contribution in [2.45, 2.75) is 0 Å². The van der Waals surface area contributed by atoms with Gasteiger partial charge in [0.2, 0.25) is 0 Å². The fourth-order valence-corrected chi connectivity index (χ4v) is 3.15. The lowest BCUT2D eigenvalue weighted by molar-refractivity contribution is 0.0846. The van der Waals surface area contributed by atoms with Crippen LogP contribution in [0.1, 0.15) is 36.6 Å². The minimum atomic E-state index is -0.510. The van der Waals surface area contributed by atoms with Crippen molar-refractivity contribution in [3.05, 3.63) is 94.0 Å². The zero-order valence-corrected chi connectivity index (χ0v) is 14.7. The lowest BCUT2D eigenvalue weighted by Gasteiger charge is -2.08. The van der Waals surface area contributed by atoms with Gasteiger partial charge in [-0.15, -0.1) is 0 Å². The van der Waals surface area contributed by atoms with Crippen molar-refractivity contribution in [3.63, 3.8) is 0 Å². The molecular formula is C21H13ClN2O3. The number of benzene rings is 3. The molecule has 0 unspecified atom stereocenters. The Morgan fingerprint density at radius 3 is 1.93 bits per heavy atom. The molecule has 132 valence electrons. The Morgan fingerprint density at radius 2 is 1.22 bits per heavy atom. The average molecular weight is 377 g/mol. The van der Waals surface area contributed by atoms with Crippen LogP contribution in [0.2, 0.25) is 5.02 Å². The van der Waals surface area contributed by atoms with Gasteiger partial charge >= 0.3 is 0 Å². The van der Waals surface area contributed by atoms with E-state index in [4.69, 9.17) is 11.6 Å². The van der Waals surface area contributed by atoms with E-state index in [2.05, 4.69) is 10.9 Å². The van der Waals surface area contributed by atoms with E-state index in [1.165, 1.54) is 0 Å². The van der Waals surface area contributed by atoms with E-state index in [9.17, 15) is 14.4 Å². The highest BCUT2D eigenvalue weighted by Crippen LogP contribution is 2.36. The maximum atomic E-state index is 12.5. The molecule has 0 atom stereocenters. The predicted molar refractivity (Wildman–Crippen MR) is 102 cm³/mol. The van der Waals surface area contributed by atoms with Gasteiger partial charge in [0.15, 0.2) is 5.78 Å². The Morgan fingerprint density at radius 1 is 0.667 bits per heavy atom. The molecule has 5 nitrogen and oxygen atoms in total. The second-order valence-electron chi connectivity index (χ2n) is 6.05. The normalized spacial score (nSPS) is 11.5. The van der Waals surface area contributed by atoms with Gasteiger partial charge < -0.3 is 0 Å². The number of carbonyl (C=O) groups excluding carboxylic acids is 3. The van der Waals surface area contributed by atoms with Gasteiger partial charge in [-0.25, -0.2) is 0 Å². The van der Waals surface area contributed by atoms with Crippen molar-refractivity contribution in [2.75, 3.05) is 0 Å². The molecule has 0 bridgehead atoms. The molecule has 1 aliphatic rings. The van der Waals surface area contributed by atoms with Crippen LogP contribution in [0, 0.1) is 0 Å². The first-order chi connectivity index (χ1) is 13.0. The van der Waals surface area contributed by atoms with E-state index < -0.39 is 11.8 Å². The van der Waals surface area contributed by atoms with Crippen molar-refractivity contribution in [1.82, 2.24) is 10.9 Å². The first kappa shape index (κ1) is 17.0. The summed E-state index contributed by atoms with van der Waals surface area (Å²) >= 11 is 5.79. The summed E-state index contributed by atoms with van der Waals surface area (Å²) < 4.78 is 0. The third-order valence-electron chi connectivity index (χ3n) is 4.38. The van der Waals surface area contributed by atoms with Gasteiger partial charge in [-0.2, -0.15) is 0 Å². The molecule has 27 heavy (non-hydrogen) atoms. The molecule has 0 radical (unpaired) electrons. The Bertz CT molecular complexity index is 1090. The zero-order chi connectivity index (χ0) is 19.0. The summed E-state index contributed by atoms with van der Waals surface area (Å²) in [5.74, 6) is -1.09. The lowest BCUT2D eigenvalue weighted by Crippen LogP contribution is -2.41. The molecule has 3 aromatic rings. The van der Waals surface area contributed by atoms with Crippen LogP contribution in [0.4, 0.5) is 0 Å². The van der Waals surface area contributed by atoms with Crippen molar-refractivity contribution in [3.8, 4) is 11.1 Å². The van der Waals surface area contributed by atoms with Gasteiger partial charge in [0.25, 0.3) is 11.8 Å². The number of hydrogen-bond acceptors (Lipinski definition) is 3. The Hall–Kier alpha value is -3.44. The summed E-state index contributed by atoms with van der Waals surface area (Å²) in [4.78, 5) is 36.9. The number of fused-ring (bicyclic) bond motifs is 3. The Labute approximate surface area is 159 Å². The second kappa shape index (κ2) is 6.70. The van der Waals surface area contributed by atoms with Crippen LogP contribution >= 0.6 is 11.6 Å². The Kier molecular flexibility index (Phi) is 4.22. The quantitative estimate of drug-likeness (QED) is 0.524. The molecule has 0 saturated heterocycles. The number of halogens is 1. The van der Waals surface area contributed by atoms with Gasteiger partial charge in [0.05, 0.1) is 0 Å². The minimum Gasteiger partial charge on any atom is -0.289 e. The van der Waals surface area contributed by atoms with E-state index in [1.807, 2.05) is 18.2 Å². The van der Waals surface area contributed by atoms with Crippen LogP contribution in [-0.4, -0.2) is 17.6 Å². The summed E-state index contributed by atoms with van der Waals surface area (Å²) in [6, 6.07) is 18.5. The fraction of sp³-hybridized carbons (Fsp3) is 0. The van der Waals surface area contributed by atoms with Crippen LogP contribution < -0.4 is 10.9 Å². The number of nitrogens with one attached hydrogen (secondary N) is 2. The molecule has 1 aliphatic carbocycles. The van der Waals surface area contributed by atoms with Crippen molar-refractivity contribution in [1.29, 1.82) is 0 Å². The smallest absolute Gasteiger partial charge is 0.269 e. The number of ketones is 1. The topological polar surface area (TPSA) is 75.3 Å². The molecule has 0 spiro atoms. The highest BCUT2D eigenvalue weighted by molar-refractivity contribution is 6.30. The summed E-state index contributed by atoms with van der Waals surface area (Å²) in [5.41, 5.74) is 8.12. The van der Waals surface area contributed by atoms with E-state index in [0.717, 1.165) is 11.1 Å². The van der Waals surface area contributed by atoms with Crippen molar-refractivity contribution in [2.24, 2.45) is 0 Å². The molecule has 2 N–H and O–H groups in total.